The van der Waals surface area contributed by atoms with Gasteiger partial charge in [0.1, 0.15) is 0 Å². The van der Waals surface area contributed by atoms with Crippen LogP contribution in [-0.4, -0.2) is 67.7 Å². The Morgan fingerprint density at radius 3 is 2.83 bits per heavy atom. The summed E-state index contributed by atoms with van der Waals surface area (Å²) >= 11 is 1.50. The van der Waals surface area contributed by atoms with Crippen molar-refractivity contribution < 1.29 is 10.0 Å². The Kier molecular flexibility index (Phi) is 6.37. The zero-order valence-corrected chi connectivity index (χ0v) is 10.7. The number of primary amides is 1. The van der Waals surface area contributed by atoms with Gasteiger partial charge in [-0.25, -0.2) is 9.86 Å². The Morgan fingerprint density at radius 2 is 2.42 bits per heavy atom. The third-order valence-corrected chi connectivity index (χ3v) is 1.90. The number of hydroxylamine groups is 2. The molecule has 12 heavy (non-hydrogen) atoms. The minimum atomic E-state index is -0.837. The van der Waals surface area contributed by atoms with E-state index in [2.05, 4.69) is 0 Å². The molecule has 1 aromatic rings. The fourth-order valence-electron chi connectivity index (χ4n) is 0.633. The smallest absolute Gasteiger partial charge is 0.338 e. The first-order chi connectivity index (χ1) is 5.20. The van der Waals surface area contributed by atoms with Crippen molar-refractivity contribution in [3.63, 3.8) is 0 Å². The van der Waals surface area contributed by atoms with E-state index in [9.17, 15) is 4.79 Å². The van der Waals surface area contributed by atoms with Gasteiger partial charge < -0.3 is 5.73 Å². The number of amides is 2. The Bertz CT molecular complexity index is 240. The molecule has 6 heteroatoms. The molecule has 0 atom stereocenters. The number of thiophene rings is 1. The Balaban J connectivity index is 0.00000121. The standard InChI is InChI=1S/C6H8N2O2S.K/c7-6(9)8(10)3-5-1-2-11-4-5;/h1-2,4,10H,3H2,(H2,7,9);. The van der Waals surface area contributed by atoms with Gasteiger partial charge in [-0.1, -0.05) is 0 Å². The first kappa shape index (κ1) is 12.6. The minimum Gasteiger partial charge on any atom is -0.350 e. The maximum atomic E-state index is 10.3. The van der Waals surface area contributed by atoms with E-state index in [-0.39, 0.29) is 57.9 Å². The summed E-state index contributed by atoms with van der Waals surface area (Å²) in [6.45, 7) is 0.152. The van der Waals surface area contributed by atoms with Crippen LogP contribution >= 0.6 is 11.3 Å². The first-order valence-corrected chi connectivity index (χ1v) is 3.91. The van der Waals surface area contributed by atoms with Crippen molar-refractivity contribution in [3.05, 3.63) is 22.4 Å². The van der Waals surface area contributed by atoms with E-state index in [0.717, 1.165) is 5.56 Å². The van der Waals surface area contributed by atoms with Gasteiger partial charge in [0, 0.05) is 51.4 Å². The third-order valence-electron chi connectivity index (χ3n) is 1.17. The second-order valence-corrected chi connectivity index (χ2v) is 2.81. The van der Waals surface area contributed by atoms with Crippen LogP contribution in [0.4, 0.5) is 4.79 Å². The summed E-state index contributed by atoms with van der Waals surface area (Å²) in [5.41, 5.74) is 5.66. The maximum Gasteiger partial charge on any atom is 0.338 e. The maximum absolute atomic E-state index is 10.3. The van der Waals surface area contributed by atoms with Gasteiger partial charge in [-0.3, -0.25) is 5.21 Å². The average Bonchev–Trinajstić information content (AvgIpc) is 2.39. The van der Waals surface area contributed by atoms with E-state index < -0.39 is 6.03 Å². The molecule has 0 aliphatic heterocycles. The SMILES string of the molecule is NC(=O)N(O)Cc1ccsc1.[K]. The van der Waals surface area contributed by atoms with Gasteiger partial charge in [-0.15, -0.1) is 0 Å². The Labute approximate surface area is 117 Å². The first-order valence-electron chi connectivity index (χ1n) is 2.97. The molecule has 1 radical (unpaired) electrons. The third kappa shape index (κ3) is 3.99. The Morgan fingerprint density at radius 1 is 1.75 bits per heavy atom. The number of hydrogen-bond acceptors (Lipinski definition) is 3. The van der Waals surface area contributed by atoms with Crippen LogP contribution in [0.1, 0.15) is 5.56 Å². The van der Waals surface area contributed by atoms with Gasteiger partial charge in [-0.05, 0) is 22.4 Å². The van der Waals surface area contributed by atoms with Gasteiger partial charge in [0.15, 0.2) is 0 Å². The molecule has 0 saturated carbocycles. The zero-order valence-electron chi connectivity index (χ0n) is 6.73. The second kappa shape index (κ2) is 6.09. The van der Waals surface area contributed by atoms with Crippen LogP contribution in [0.5, 0.6) is 0 Å². The number of carbonyl (C=O) groups is 1. The van der Waals surface area contributed by atoms with E-state index >= 15 is 0 Å². The van der Waals surface area contributed by atoms with Crippen molar-refractivity contribution >= 4 is 68.8 Å². The number of rotatable bonds is 2. The van der Waals surface area contributed by atoms with Crippen LogP contribution in [-0.2, 0) is 6.54 Å². The summed E-state index contributed by atoms with van der Waals surface area (Å²) in [6.07, 6.45) is 0. The van der Waals surface area contributed by atoms with Crippen molar-refractivity contribution in [3.8, 4) is 0 Å². The number of nitrogens with two attached hydrogens (primary N) is 1. The van der Waals surface area contributed by atoms with Gasteiger partial charge in [-0.2, -0.15) is 11.3 Å². The summed E-state index contributed by atoms with van der Waals surface area (Å²) in [4.78, 5) is 10.3. The van der Waals surface area contributed by atoms with E-state index in [1.165, 1.54) is 11.3 Å². The van der Waals surface area contributed by atoms with Gasteiger partial charge in [0.2, 0.25) is 0 Å². The summed E-state index contributed by atoms with van der Waals surface area (Å²) in [6, 6.07) is 0.979. The topological polar surface area (TPSA) is 66.6 Å². The molecule has 0 aliphatic rings. The van der Waals surface area contributed by atoms with Crippen molar-refractivity contribution in [2.45, 2.75) is 6.54 Å². The van der Waals surface area contributed by atoms with Crippen LogP contribution in [0.2, 0.25) is 0 Å². The summed E-state index contributed by atoms with van der Waals surface area (Å²) < 4.78 is 0. The molecular formula is C6H8KN2O2S. The van der Waals surface area contributed by atoms with Crippen LogP contribution < -0.4 is 5.73 Å². The average molecular weight is 211 g/mol. The predicted octanol–water partition coefficient (Wildman–Crippen LogP) is 0.637. The van der Waals surface area contributed by atoms with E-state index in [0.29, 0.717) is 5.06 Å². The molecule has 0 fully saturated rings. The van der Waals surface area contributed by atoms with Crippen molar-refractivity contribution in [1.29, 1.82) is 0 Å². The molecule has 0 spiro atoms. The molecule has 0 bridgehead atoms. The molecule has 3 N–H and O–H groups in total. The quantitative estimate of drug-likeness (QED) is 0.428. The van der Waals surface area contributed by atoms with Crippen molar-refractivity contribution in [1.82, 2.24) is 5.06 Å². The number of hydrogen-bond donors (Lipinski definition) is 2. The van der Waals surface area contributed by atoms with Gasteiger partial charge in [0.05, 0.1) is 6.54 Å². The molecule has 0 aliphatic carbocycles. The molecule has 0 aromatic carbocycles. The molecular weight excluding hydrogens is 203 g/mol. The van der Waals surface area contributed by atoms with E-state index in [1.807, 2.05) is 16.8 Å². The molecule has 4 nitrogen and oxygen atoms in total. The largest absolute Gasteiger partial charge is 0.350 e. The number of carbonyl (C=O) groups excluding carboxylic acids is 1. The Hall–Kier alpha value is 0.566. The molecule has 1 aromatic heterocycles. The van der Waals surface area contributed by atoms with Crippen LogP contribution in [0.3, 0.4) is 0 Å². The van der Waals surface area contributed by atoms with Crippen LogP contribution in [0, 0.1) is 0 Å². The zero-order chi connectivity index (χ0) is 8.27. The van der Waals surface area contributed by atoms with Gasteiger partial charge >= 0.3 is 6.03 Å². The summed E-state index contributed by atoms with van der Waals surface area (Å²) in [5, 5.41) is 13.0. The second-order valence-electron chi connectivity index (χ2n) is 2.03. The fraction of sp³-hybridized carbons (Fsp3) is 0.167. The minimum absolute atomic E-state index is 0. The molecule has 1 rings (SSSR count). The van der Waals surface area contributed by atoms with E-state index in [4.69, 9.17) is 10.9 Å². The van der Waals surface area contributed by atoms with Gasteiger partial charge in [0.25, 0.3) is 0 Å². The predicted molar refractivity (Wildman–Crippen MR) is 47.0 cm³/mol. The number of urea groups is 1. The molecule has 0 saturated heterocycles. The molecule has 1 heterocycles. The van der Waals surface area contributed by atoms with Crippen molar-refractivity contribution in [2.75, 3.05) is 0 Å². The molecule has 61 valence electrons. The molecule has 2 amide bonds. The summed E-state index contributed by atoms with van der Waals surface area (Å²) in [5.74, 6) is 0. The number of nitrogens with zero attached hydrogens (tertiary/aromatic N) is 1. The monoisotopic (exact) mass is 211 g/mol. The van der Waals surface area contributed by atoms with Crippen LogP contribution in [0.15, 0.2) is 16.8 Å². The van der Waals surface area contributed by atoms with Crippen molar-refractivity contribution in [2.24, 2.45) is 5.73 Å². The molecule has 0 unspecified atom stereocenters. The fourth-order valence-corrected chi connectivity index (χ4v) is 1.29. The summed E-state index contributed by atoms with van der Waals surface area (Å²) in [7, 11) is 0. The van der Waals surface area contributed by atoms with E-state index in [1.54, 1.807) is 0 Å². The normalized spacial score (nSPS) is 8.75. The van der Waals surface area contributed by atoms with Crippen LogP contribution in [0.25, 0.3) is 0 Å².